The van der Waals surface area contributed by atoms with Crippen molar-refractivity contribution in [2.24, 2.45) is 0 Å². The van der Waals surface area contributed by atoms with Gasteiger partial charge in [0.15, 0.2) is 0 Å². The normalized spacial score (nSPS) is 10.9. The molecule has 3 nitrogen and oxygen atoms in total. The number of anilines is 1. The van der Waals surface area contributed by atoms with Gasteiger partial charge in [0.05, 0.1) is 0 Å². The Kier molecular flexibility index (Phi) is 3.80. The van der Waals surface area contributed by atoms with Crippen molar-refractivity contribution in [2.75, 3.05) is 5.32 Å². The minimum atomic E-state index is -0.383. The molecule has 1 amide bonds. The number of hydrogen-bond donors (Lipinski definition) is 1. The van der Waals surface area contributed by atoms with Crippen molar-refractivity contribution in [1.29, 1.82) is 0 Å². The molecule has 0 aliphatic rings. The first-order valence-electron chi connectivity index (χ1n) is 5.86. The largest absolute Gasteiger partial charge is 0.462 e. The summed E-state index contributed by atoms with van der Waals surface area (Å²) in [5, 5.41) is 2.62. The van der Waals surface area contributed by atoms with Crippen LogP contribution in [0.5, 0.6) is 0 Å². The third-order valence-electron chi connectivity index (χ3n) is 2.62. The van der Waals surface area contributed by atoms with Crippen LogP contribution in [-0.4, -0.2) is 5.91 Å². The minimum Gasteiger partial charge on any atom is -0.462 e. The maximum atomic E-state index is 13.1. The van der Waals surface area contributed by atoms with Crippen molar-refractivity contribution in [1.82, 2.24) is 0 Å². The molecule has 0 aliphatic carbocycles. The van der Waals surface area contributed by atoms with Crippen LogP contribution >= 0.6 is 0 Å². The number of hydrogen-bond acceptors (Lipinski definition) is 2. The smallest absolute Gasteiger partial charge is 0.248 e. The Balaban J connectivity index is 2.05. The highest BCUT2D eigenvalue weighted by Crippen LogP contribution is 2.16. The summed E-state index contributed by atoms with van der Waals surface area (Å²) < 4.78 is 18.4. The fourth-order valence-corrected chi connectivity index (χ4v) is 1.60. The molecule has 0 fully saturated rings. The number of benzene rings is 1. The second kappa shape index (κ2) is 5.52. The van der Waals surface area contributed by atoms with Gasteiger partial charge in [-0.1, -0.05) is 6.07 Å². The molecule has 1 aromatic heterocycles. The molecule has 0 atom stereocenters. The van der Waals surface area contributed by atoms with E-state index in [-0.39, 0.29) is 11.7 Å². The summed E-state index contributed by atoms with van der Waals surface area (Å²) in [5.74, 6) is 0.666. The van der Waals surface area contributed by atoms with E-state index >= 15 is 0 Å². The number of halogens is 1. The summed E-state index contributed by atoms with van der Waals surface area (Å²) >= 11 is 0. The SMILES string of the molecule is Cc1ccc(/C=C/C(=O)Nc2cc(F)ccc2C)o1. The van der Waals surface area contributed by atoms with E-state index in [4.69, 9.17) is 4.42 Å². The van der Waals surface area contributed by atoms with Crippen LogP contribution in [0.15, 0.2) is 40.8 Å². The van der Waals surface area contributed by atoms with Crippen LogP contribution in [0.3, 0.4) is 0 Å². The number of amides is 1. The molecule has 4 heteroatoms. The Morgan fingerprint density at radius 3 is 2.74 bits per heavy atom. The van der Waals surface area contributed by atoms with Crippen LogP contribution in [0.25, 0.3) is 6.08 Å². The molecule has 1 heterocycles. The lowest BCUT2D eigenvalue weighted by molar-refractivity contribution is -0.111. The van der Waals surface area contributed by atoms with E-state index in [0.717, 1.165) is 11.3 Å². The molecular formula is C15H14FNO2. The zero-order valence-corrected chi connectivity index (χ0v) is 10.7. The molecule has 0 saturated heterocycles. The molecule has 1 aromatic carbocycles. The molecule has 0 bridgehead atoms. The van der Waals surface area contributed by atoms with E-state index in [0.29, 0.717) is 11.4 Å². The van der Waals surface area contributed by atoms with Crippen LogP contribution in [0.4, 0.5) is 10.1 Å². The zero-order chi connectivity index (χ0) is 13.8. The van der Waals surface area contributed by atoms with Gasteiger partial charge >= 0.3 is 0 Å². The van der Waals surface area contributed by atoms with Gasteiger partial charge in [-0.05, 0) is 49.8 Å². The molecule has 0 unspecified atom stereocenters. The van der Waals surface area contributed by atoms with E-state index in [1.807, 2.05) is 13.0 Å². The maximum Gasteiger partial charge on any atom is 0.248 e. The average Bonchev–Trinajstić information content (AvgIpc) is 2.77. The third kappa shape index (κ3) is 3.55. The highest BCUT2D eigenvalue weighted by Gasteiger charge is 2.03. The quantitative estimate of drug-likeness (QED) is 0.854. The summed E-state index contributed by atoms with van der Waals surface area (Å²) in [5.41, 5.74) is 1.27. The van der Waals surface area contributed by atoms with Crippen molar-refractivity contribution >= 4 is 17.7 Å². The number of aryl methyl sites for hydroxylation is 2. The molecule has 0 aliphatic heterocycles. The predicted molar refractivity (Wildman–Crippen MR) is 72.2 cm³/mol. The van der Waals surface area contributed by atoms with Crippen molar-refractivity contribution in [3.8, 4) is 0 Å². The Hall–Kier alpha value is -2.36. The lowest BCUT2D eigenvalue weighted by atomic mass is 10.2. The molecule has 0 radical (unpaired) electrons. The van der Waals surface area contributed by atoms with Crippen molar-refractivity contribution < 1.29 is 13.6 Å². The van der Waals surface area contributed by atoms with Gasteiger partial charge in [0.25, 0.3) is 0 Å². The highest BCUT2D eigenvalue weighted by molar-refractivity contribution is 6.02. The van der Waals surface area contributed by atoms with Crippen molar-refractivity contribution in [3.05, 3.63) is 59.3 Å². The topological polar surface area (TPSA) is 42.2 Å². The van der Waals surface area contributed by atoms with Gasteiger partial charge in [-0.3, -0.25) is 4.79 Å². The minimum absolute atomic E-state index is 0.331. The average molecular weight is 259 g/mol. The van der Waals surface area contributed by atoms with Gasteiger partial charge in [0.2, 0.25) is 5.91 Å². The molecular weight excluding hydrogens is 245 g/mol. The van der Waals surface area contributed by atoms with Gasteiger partial charge in [-0.25, -0.2) is 4.39 Å². The predicted octanol–water partition coefficient (Wildman–Crippen LogP) is 3.69. The Bertz CT molecular complexity index is 629. The van der Waals surface area contributed by atoms with Crippen LogP contribution < -0.4 is 5.32 Å². The number of carbonyl (C=O) groups excluding carboxylic acids is 1. The Morgan fingerprint density at radius 1 is 1.26 bits per heavy atom. The highest BCUT2D eigenvalue weighted by atomic mass is 19.1. The van der Waals surface area contributed by atoms with Crippen LogP contribution in [-0.2, 0) is 4.79 Å². The fourth-order valence-electron chi connectivity index (χ4n) is 1.60. The van der Waals surface area contributed by atoms with Gasteiger partial charge in [-0.2, -0.15) is 0 Å². The monoisotopic (exact) mass is 259 g/mol. The second-order valence-electron chi connectivity index (χ2n) is 4.23. The van der Waals surface area contributed by atoms with Gasteiger partial charge in [-0.15, -0.1) is 0 Å². The number of furan rings is 1. The summed E-state index contributed by atoms with van der Waals surface area (Å²) in [4.78, 5) is 11.7. The molecule has 2 rings (SSSR count). The van der Waals surface area contributed by atoms with Gasteiger partial charge in [0.1, 0.15) is 17.3 Å². The van der Waals surface area contributed by atoms with Gasteiger partial charge in [0, 0.05) is 11.8 Å². The molecule has 0 spiro atoms. The number of nitrogens with one attached hydrogen (secondary N) is 1. The lowest BCUT2D eigenvalue weighted by Crippen LogP contribution is -2.09. The summed E-state index contributed by atoms with van der Waals surface area (Å²) in [7, 11) is 0. The van der Waals surface area contributed by atoms with E-state index < -0.39 is 0 Å². The Labute approximate surface area is 110 Å². The fraction of sp³-hybridized carbons (Fsp3) is 0.133. The summed E-state index contributed by atoms with van der Waals surface area (Å²) in [6.45, 7) is 3.63. The molecule has 1 N–H and O–H groups in total. The lowest BCUT2D eigenvalue weighted by Gasteiger charge is -2.05. The maximum absolute atomic E-state index is 13.1. The molecule has 0 saturated carbocycles. The van der Waals surface area contributed by atoms with Gasteiger partial charge < -0.3 is 9.73 Å². The molecule has 98 valence electrons. The molecule has 19 heavy (non-hydrogen) atoms. The Morgan fingerprint density at radius 2 is 2.05 bits per heavy atom. The first-order valence-corrected chi connectivity index (χ1v) is 5.86. The van der Waals surface area contributed by atoms with E-state index in [1.165, 1.54) is 18.2 Å². The zero-order valence-electron chi connectivity index (χ0n) is 10.7. The van der Waals surface area contributed by atoms with E-state index in [2.05, 4.69) is 5.32 Å². The summed E-state index contributed by atoms with van der Waals surface area (Å²) in [6.07, 6.45) is 2.92. The van der Waals surface area contributed by atoms with E-state index in [1.54, 1.807) is 25.1 Å². The molecule has 2 aromatic rings. The van der Waals surface area contributed by atoms with Crippen LogP contribution in [0, 0.1) is 19.7 Å². The van der Waals surface area contributed by atoms with E-state index in [9.17, 15) is 9.18 Å². The first kappa shape index (κ1) is 13.1. The van der Waals surface area contributed by atoms with Crippen LogP contribution in [0.1, 0.15) is 17.1 Å². The third-order valence-corrected chi connectivity index (χ3v) is 2.62. The standard InChI is InChI=1S/C15H14FNO2/c1-10-3-5-12(16)9-14(10)17-15(18)8-7-13-6-4-11(2)19-13/h3-9H,1-2H3,(H,17,18)/b8-7+. The van der Waals surface area contributed by atoms with Crippen LogP contribution in [0.2, 0.25) is 0 Å². The van der Waals surface area contributed by atoms with Crippen molar-refractivity contribution in [2.45, 2.75) is 13.8 Å². The number of rotatable bonds is 3. The number of carbonyl (C=O) groups is 1. The first-order chi connectivity index (χ1) is 9.04. The summed E-state index contributed by atoms with van der Waals surface area (Å²) in [6, 6.07) is 7.84. The second-order valence-corrected chi connectivity index (χ2v) is 4.23. The van der Waals surface area contributed by atoms with Crippen molar-refractivity contribution in [3.63, 3.8) is 0 Å².